The van der Waals surface area contributed by atoms with E-state index in [2.05, 4.69) is 70.0 Å². The Morgan fingerprint density at radius 2 is 1.92 bits per heavy atom. The Hall–Kier alpha value is -1.68. The lowest BCUT2D eigenvalue weighted by Crippen LogP contribution is -2.46. The first-order chi connectivity index (χ1) is 11.0. The molecule has 0 spiro atoms. The third-order valence-electron chi connectivity index (χ3n) is 3.61. The van der Waals surface area contributed by atoms with Gasteiger partial charge in [-0.15, -0.1) is 11.3 Å². The quantitative estimate of drug-likeness (QED) is 0.830. The Labute approximate surface area is 149 Å². The molecule has 1 aromatic carbocycles. The first-order valence-electron chi connectivity index (χ1n) is 8.37. The second kappa shape index (κ2) is 7.06. The highest BCUT2D eigenvalue weighted by Crippen LogP contribution is 2.27. The first kappa shape index (κ1) is 18.7. The number of nitrogens with one attached hydrogen (secondary N) is 1. The molecule has 1 heterocycles. The maximum Gasteiger partial charge on any atom is 0.226 e. The molecule has 0 aliphatic rings. The Bertz CT molecular complexity index is 710. The lowest BCUT2D eigenvalue weighted by Gasteiger charge is -2.33. The van der Waals surface area contributed by atoms with Crippen molar-refractivity contribution in [3.8, 4) is 10.6 Å². The van der Waals surface area contributed by atoms with Crippen molar-refractivity contribution in [1.82, 2.24) is 10.3 Å². The molecular weight excluding hydrogens is 316 g/mol. The summed E-state index contributed by atoms with van der Waals surface area (Å²) < 4.78 is 0. The Balaban J connectivity index is 2.00. The molecule has 1 aromatic heterocycles. The van der Waals surface area contributed by atoms with Crippen molar-refractivity contribution < 1.29 is 4.79 Å². The predicted octanol–water partition coefficient (Wildman–Crippen LogP) is 4.99. The molecular formula is C20H28N2OS. The van der Waals surface area contributed by atoms with Gasteiger partial charge in [-0.25, -0.2) is 4.98 Å². The van der Waals surface area contributed by atoms with Gasteiger partial charge in [-0.3, -0.25) is 4.79 Å². The highest BCUT2D eigenvalue weighted by molar-refractivity contribution is 7.13. The number of thiazole rings is 1. The molecule has 0 aliphatic heterocycles. The van der Waals surface area contributed by atoms with Gasteiger partial charge in [0.05, 0.1) is 12.1 Å². The summed E-state index contributed by atoms with van der Waals surface area (Å²) in [7, 11) is 0. The average molecular weight is 345 g/mol. The van der Waals surface area contributed by atoms with Crippen LogP contribution in [0.25, 0.3) is 10.6 Å². The van der Waals surface area contributed by atoms with E-state index in [-0.39, 0.29) is 16.9 Å². The van der Waals surface area contributed by atoms with Crippen LogP contribution < -0.4 is 5.32 Å². The third kappa shape index (κ3) is 5.75. The minimum Gasteiger partial charge on any atom is -0.351 e. The van der Waals surface area contributed by atoms with Gasteiger partial charge in [0, 0.05) is 16.5 Å². The van der Waals surface area contributed by atoms with E-state index in [0.717, 1.165) is 22.7 Å². The minimum atomic E-state index is -0.218. The highest BCUT2D eigenvalue weighted by Gasteiger charge is 2.27. The van der Waals surface area contributed by atoms with Crippen LogP contribution in [0, 0.1) is 12.3 Å². The van der Waals surface area contributed by atoms with Gasteiger partial charge in [-0.1, -0.05) is 44.5 Å². The standard InChI is InChI=1S/C20H28N2OS/c1-14-8-7-9-15(10-14)18-21-16(12-24-18)11-17(23)22-20(5,6)13-19(2,3)4/h7-10,12H,11,13H2,1-6H3,(H,22,23). The van der Waals surface area contributed by atoms with Gasteiger partial charge in [-0.05, 0) is 38.7 Å². The van der Waals surface area contributed by atoms with Crippen molar-refractivity contribution in [2.75, 3.05) is 0 Å². The summed E-state index contributed by atoms with van der Waals surface area (Å²) in [6, 6.07) is 8.29. The van der Waals surface area contributed by atoms with E-state index in [0.29, 0.717) is 6.42 Å². The lowest BCUT2D eigenvalue weighted by atomic mass is 9.82. The zero-order valence-corrected chi connectivity index (χ0v) is 16.4. The molecule has 0 saturated carbocycles. The van der Waals surface area contributed by atoms with Crippen molar-refractivity contribution in [2.45, 2.75) is 59.9 Å². The van der Waals surface area contributed by atoms with E-state index in [1.54, 1.807) is 11.3 Å². The monoisotopic (exact) mass is 344 g/mol. The Morgan fingerprint density at radius 3 is 2.54 bits per heavy atom. The number of hydrogen-bond donors (Lipinski definition) is 1. The van der Waals surface area contributed by atoms with E-state index in [9.17, 15) is 4.79 Å². The van der Waals surface area contributed by atoms with Gasteiger partial charge >= 0.3 is 0 Å². The van der Waals surface area contributed by atoms with E-state index in [4.69, 9.17) is 0 Å². The first-order valence-corrected chi connectivity index (χ1v) is 9.25. The van der Waals surface area contributed by atoms with Crippen molar-refractivity contribution in [3.05, 3.63) is 40.9 Å². The number of carbonyl (C=O) groups is 1. The summed E-state index contributed by atoms with van der Waals surface area (Å²) in [5, 5.41) is 6.09. The third-order valence-corrected chi connectivity index (χ3v) is 4.55. The molecule has 0 atom stereocenters. The lowest BCUT2D eigenvalue weighted by molar-refractivity contribution is -0.122. The fourth-order valence-corrected chi connectivity index (χ4v) is 4.07. The number of aryl methyl sites for hydroxylation is 1. The minimum absolute atomic E-state index is 0.0327. The largest absolute Gasteiger partial charge is 0.351 e. The normalized spacial score (nSPS) is 12.2. The van der Waals surface area contributed by atoms with E-state index >= 15 is 0 Å². The van der Waals surface area contributed by atoms with Crippen LogP contribution in [-0.4, -0.2) is 16.4 Å². The molecule has 0 bridgehead atoms. The molecule has 1 amide bonds. The molecule has 0 fully saturated rings. The molecule has 0 radical (unpaired) electrons. The van der Waals surface area contributed by atoms with Crippen LogP contribution in [0.1, 0.15) is 52.3 Å². The summed E-state index contributed by atoms with van der Waals surface area (Å²) in [6.07, 6.45) is 1.26. The van der Waals surface area contributed by atoms with E-state index < -0.39 is 0 Å². The highest BCUT2D eigenvalue weighted by atomic mass is 32.1. The Morgan fingerprint density at radius 1 is 1.21 bits per heavy atom. The Kier molecular flexibility index (Phi) is 5.49. The number of amides is 1. The number of rotatable bonds is 5. The number of benzene rings is 1. The molecule has 4 heteroatoms. The van der Waals surface area contributed by atoms with E-state index in [1.807, 2.05) is 11.4 Å². The maximum absolute atomic E-state index is 12.4. The summed E-state index contributed by atoms with van der Waals surface area (Å²) in [6.45, 7) is 12.8. The van der Waals surface area contributed by atoms with Crippen LogP contribution in [0.4, 0.5) is 0 Å². The summed E-state index contributed by atoms with van der Waals surface area (Å²) in [5.74, 6) is 0.0327. The SMILES string of the molecule is Cc1cccc(-c2nc(CC(=O)NC(C)(C)CC(C)(C)C)cs2)c1. The van der Waals surface area contributed by atoms with Crippen molar-refractivity contribution in [3.63, 3.8) is 0 Å². The van der Waals surface area contributed by atoms with Crippen molar-refractivity contribution >= 4 is 17.2 Å². The maximum atomic E-state index is 12.4. The number of carbonyl (C=O) groups excluding carboxylic acids is 1. The van der Waals surface area contributed by atoms with Gasteiger partial charge in [0.2, 0.25) is 5.91 Å². The smallest absolute Gasteiger partial charge is 0.226 e. The summed E-state index contributed by atoms with van der Waals surface area (Å²) >= 11 is 1.59. The van der Waals surface area contributed by atoms with E-state index in [1.165, 1.54) is 5.56 Å². The van der Waals surface area contributed by atoms with Crippen LogP contribution in [-0.2, 0) is 11.2 Å². The van der Waals surface area contributed by atoms with Gasteiger partial charge in [0.1, 0.15) is 5.01 Å². The fraction of sp³-hybridized carbons (Fsp3) is 0.500. The number of nitrogens with zero attached hydrogens (tertiary/aromatic N) is 1. The number of aromatic nitrogens is 1. The molecule has 0 aliphatic carbocycles. The van der Waals surface area contributed by atoms with Crippen molar-refractivity contribution in [2.24, 2.45) is 5.41 Å². The zero-order chi connectivity index (χ0) is 18.0. The van der Waals surface area contributed by atoms with Gasteiger partial charge in [0.15, 0.2) is 0 Å². The van der Waals surface area contributed by atoms with Crippen LogP contribution in [0.5, 0.6) is 0 Å². The second-order valence-corrected chi connectivity index (χ2v) is 9.22. The molecule has 0 saturated heterocycles. The molecule has 2 rings (SSSR count). The zero-order valence-electron chi connectivity index (χ0n) is 15.6. The molecule has 3 nitrogen and oxygen atoms in total. The van der Waals surface area contributed by atoms with Crippen LogP contribution in [0.2, 0.25) is 0 Å². The molecule has 130 valence electrons. The van der Waals surface area contributed by atoms with Crippen LogP contribution in [0.15, 0.2) is 29.6 Å². The van der Waals surface area contributed by atoms with Crippen molar-refractivity contribution in [1.29, 1.82) is 0 Å². The van der Waals surface area contributed by atoms with Gasteiger partial charge < -0.3 is 5.32 Å². The van der Waals surface area contributed by atoms with Gasteiger partial charge in [0.25, 0.3) is 0 Å². The predicted molar refractivity (Wildman–Crippen MR) is 102 cm³/mol. The number of hydrogen-bond acceptors (Lipinski definition) is 3. The summed E-state index contributed by atoms with van der Waals surface area (Å²) in [4.78, 5) is 17.0. The molecule has 1 N–H and O–H groups in total. The molecule has 0 unspecified atom stereocenters. The fourth-order valence-electron chi connectivity index (χ4n) is 3.25. The average Bonchev–Trinajstić information content (AvgIpc) is 2.83. The molecule has 24 heavy (non-hydrogen) atoms. The van der Waals surface area contributed by atoms with Crippen LogP contribution in [0.3, 0.4) is 0 Å². The molecule has 2 aromatic rings. The second-order valence-electron chi connectivity index (χ2n) is 8.36. The topological polar surface area (TPSA) is 42.0 Å². The summed E-state index contributed by atoms with van der Waals surface area (Å²) in [5.41, 5.74) is 3.12. The van der Waals surface area contributed by atoms with Crippen LogP contribution >= 0.6 is 11.3 Å². The van der Waals surface area contributed by atoms with Gasteiger partial charge in [-0.2, -0.15) is 0 Å².